The molecule has 0 aromatic heterocycles. The van der Waals surface area contributed by atoms with Crippen molar-refractivity contribution in [3.8, 4) is 0 Å². The maximum Gasteiger partial charge on any atom is 0.308 e. The van der Waals surface area contributed by atoms with Crippen molar-refractivity contribution in [2.24, 2.45) is 11.8 Å². The maximum absolute atomic E-state index is 11.4. The first-order valence-corrected chi connectivity index (χ1v) is 5.48. The molecule has 82 valence electrons. The van der Waals surface area contributed by atoms with Crippen LogP contribution < -0.4 is 0 Å². The van der Waals surface area contributed by atoms with Crippen LogP contribution in [0.15, 0.2) is 0 Å². The van der Waals surface area contributed by atoms with Gasteiger partial charge in [-0.15, -0.1) is 0 Å². The van der Waals surface area contributed by atoms with Gasteiger partial charge in [0.15, 0.2) is 0 Å². The lowest BCUT2D eigenvalue weighted by Crippen LogP contribution is -2.22. The molecule has 0 aromatic rings. The van der Waals surface area contributed by atoms with Crippen LogP contribution in [0.5, 0.6) is 0 Å². The molecule has 3 heteroatoms. The minimum Gasteiger partial charge on any atom is -0.466 e. The predicted molar refractivity (Wildman–Crippen MR) is 54.0 cm³/mol. The van der Waals surface area contributed by atoms with E-state index in [1.54, 1.807) is 0 Å². The molecule has 1 unspecified atom stereocenters. The van der Waals surface area contributed by atoms with Crippen LogP contribution >= 0.6 is 0 Å². The summed E-state index contributed by atoms with van der Waals surface area (Å²) in [6, 6.07) is 0. The molecule has 1 heterocycles. The quantitative estimate of drug-likeness (QED) is 0.651. The zero-order valence-corrected chi connectivity index (χ0v) is 9.12. The molecule has 1 aliphatic rings. The number of carbonyl (C=O) groups is 1. The lowest BCUT2D eigenvalue weighted by molar-refractivity contribution is -0.148. The third kappa shape index (κ3) is 3.66. The SMILES string of the molecule is CCOC(=O)C(C)CC1CCOCC1. The van der Waals surface area contributed by atoms with E-state index in [4.69, 9.17) is 9.47 Å². The number of carbonyl (C=O) groups excluding carboxylic acids is 1. The molecule has 1 atom stereocenters. The molecule has 0 spiro atoms. The second-order valence-electron chi connectivity index (χ2n) is 3.94. The number of hydrogen-bond donors (Lipinski definition) is 0. The van der Waals surface area contributed by atoms with Crippen molar-refractivity contribution >= 4 is 5.97 Å². The molecule has 3 nitrogen and oxygen atoms in total. The van der Waals surface area contributed by atoms with E-state index in [1.807, 2.05) is 13.8 Å². The summed E-state index contributed by atoms with van der Waals surface area (Å²) in [5, 5.41) is 0. The summed E-state index contributed by atoms with van der Waals surface area (Å²) in [6.45, 7) is 5.98. The van der Waals surface area contributed by atoms with Gasteiger partial charge in [0.2, 0.25) is 0 Å². The Morgan fingerprint density at radius 2 is 2.14 bits per heavy atom. The van der Waals surface area contributed by atoms with Gasteiger partial charge in [-0.1, -0.05) is 6.92 Å². The van der Waals surface area contributed by atoms with Gasteiger partial charge in [-0.2, -0.15) is 0 Å². The first-order chi connectivity index (χ1) is 6.74. The van der Waals surface area contributed by atoms with Crippen molar-refractivity contribution in [1.82, 2.24) is 0 Å². The summed E-state index contributed by atoms with van der Waals surface area (Å²) >= 11 is 0. The highest BCUT2D eigenvalue weighted by atomic mass is 16.5. The molecule has 0 N–H and O–H groups in total. The molecule has 0 aromatic carbocycles. The van der Waals surface area contributed by atoms with Gasteiger partial charge in [0.1, 0.15) is 0 Å². The van der Waals surface area contributed by atoms with Crippen LogP contribution in [-0.4, -0.2) is 25.8 Å². The number of esters is 1. The van der Waals surface area contributed by atoms with Crippen molar-refractivity contribution in [1.29, 1.82) is 0 Å². The highest BCUT2D eigenvalue weighted by molar-refractivity contribution is 5.71. The van der Waals surface area contributed by atoms with Crippen molar-refractivity contribution < 1.29 is 14.3 Å². The van der Waals surface area contributed by atoms with Gasteiger partial charge in [0.25, 0.3) is 0 Å². The first kappa shape index (κ1) is 11.5. The molecule has 1 aliphatic heterocycles. The van der Waals surface area contributed by atoms with Crippen LogP contribution in [-0.2, 0) is 14.3 Å². The molecule has 1 saturated heterocycles. The van der Waals surface area contributed by atoms with E-state index in [2.05, 4.69) is 0 Å². The zero-order chi connectivity index (χ0) is 10.4. The molecular weight excluding hydrogens is 180 g/mol. The summed E-state index contributed by atoms with van der Waals surface area (Å²) in [5.41, 5.74) is 0. The summed E-state index contributed by atoms with van der Waals surface area (Å²) in [5.74, 6) is 0.625. The summed E-state index contributed by atoms with van der Waals surface area (Å²) in [6.07, 6.45) is 3.12. The third-order valence-electron chi connectivity index (χ3n) is 2.72. The topological polar surface area (TPSA) is 35.5 Å². The Bertz CT molecular complexity index is 173. The molecular formula is C11H20O3. The molecule has 0 radical (unpaired) electrons. The van der Waals surface area contributed by atoms with Gasteiger partial charge in [-0.25, -0.2) is 0 Å². The average molecular weight is 200 g/mol. The van der Waals surface area contributed by atoms with Gasteiger partial charge in [-0.05, 0) is 32.1 Å². The largest absolute Gasteiger partial charge is 0.466 e. The van der Waals surface area contributed by atoms with Crippen LogP contribution in [0.2, 0.25) is 0 Å². The van der Waals surface area contributed by atoms with Gasteiger partial charge < -0.3 is 9.47 Å². The van der Waals surface area contributed by atoms with E-state index in [-0.39, 0.29) is 11.9 Å². The Labute approximate surface area is 85.8 Å². The number of ether oxygens (including phenoxy) is 2. The summed E-state index contributed by atoms with van der Waals surface area (Å²) < 4.78 is 10.2. The molecule has 0 aliphatic carbocycles. The summed E-state index contributed by atoms with van der Waals surface area (Å²) in [7, 11) is 0. The maximum atomic E-state index is 11.4. The molecule has 0 saturated carbocycles. The van der Waals surface area contributed by atoms with Gasteiger partial charge >= 0.3 is 5.97 Å². The zero-order valence-electron chi connectivity index (χ0n) is 9.12. The van der Waals surface area contributed by atoms with Crippen molar-refractivity contribution in [3.05, 3.63) is 0 Å². The number of hydrogen-bond acceptors (Lipinski definition) is 3. The van der Waals surface area contributed by atoms with Gasteiger partial charge in [0, 0.05) is 13.2 Å². The van der Waals surface area contributed by atoms with Crippen LogP contribution in [0.3, 0.4) is 0 Å². The van der Waals surface area contributed by atoms with Crippen LogP contribution in [0.4, 0.5) is 0 Å². The molecule has 14 heavy (non-hydrogen) atoms. The van der Waals surface area contributed by atoms with Crippen molar-refractivity contribution in [3.63, 3.8) is 0 Å². The standard InChI is InChI=1S/C11H20O3/c1-3-14-11(12)9(2)8-10-4-6-13-7-5-10/h9-10H,3-8H2,1-2H3. The Balaban J connectivity index is 2.24. The van der Waals surface area contributed by atoms with E-state index in [1.165, 1.54) is 0 Å². The van der Waals surface area contributed by atoms with E-state index in [0.717, 1.165) is 32.5 Å². The lowest BCUT2D eigenvalue weighted by Gasteiger charge is -2.23. The molecule has 0 bridgehead atoms. The van der Waals surface area contributed by atoms with Crippen LogP contribution in [0.1, 0.15) is 33.1 Å². The normalized spacial score (nSPS) is 20.4. The Hall–Kier alpha value is -0.570. The van der Waals surface area contributed by atoms with Gasteiger partial charge in [-0.3, -0.25) is 4.79 Å². The van der Waals surface area contributed by atoms with Crippen LogP contribution in [0.25, 0.3) is 0 Å². The molecule has 1 rings (SSSR count). The first-order valence-electron chi connectivity index (χ1n) is 5.48. The fraction of sp³-hybridized carbons (Fsp3) is 0.909. The second kappa shape index (κ2) is 6.02. The van der Waals surface area contributed by atoms with E-state index in [9.17, 15) is 4.79 Å². The van der Waals surface area contributed by atoms with E-state index < -0.39 is 0 Å². The Morgan fingerprint density at radius 3 is 2.71 bits per heavy atom. The Morgan fingerprint density at radius 1 is 1.50 bits per heavy atom. The average Bonchev–Trinajstić information content (AvgIpc) is 2.19. The third-order valence-corrected chi connectivity index (χ3v) is 2.72. The Kier molecular flexibility index (Phi) is 4.94. The van der Waals surface area contributed by atoms with Crippen molar-refractivity contribution in [2.45, 2.75) is 33.1 Å². The van der Waals surface area contributed by atoms with E-state index in [0.29, 0.717) is 12.5 Å². The number of rotatable bonds is 4. The minimum absolute atomic E-state index is 0.0399. The highest BCUT2D eigenvalue weighted by Gasteiger charge is 2.21. The molecule has 0 amide bonds. The van der Waals surface area contributed by atoms with Crippen LogP contribution in [0, 0.1) is 11.8 Å². The van der Waals surface area contributed by atoms with Gasteiger partial charge in [0.05, 0.1) is 12.5 Å². The van der Waals surface area contributed by atoms with E-state index >= 15 is 0 Å². The minimum atomic E-state index is -0.0565. The second-order valence-corrected chi connectivity index (χ2v) is 3.94. The van der Waals surface area contributed by atoms with Crippen molar-refractivity contribution in [2.75, 3.05) is 19.8 Å². The summed E-state index contributed by atoms with van der Waals surface area (Å²) in [4.78, 5) is 11.4. The monoisotopic (exact) mass is 200 g/mol. The smallest absolute Gasteiger partial charge is 0.308 e. The predicted octanol–water partition coefficient (Wildman–Crippen LogP) is 2.00. The fourth-order valence-electron chi connectivity index (χ4n) is 1.86. The highest BCUT2D eigenvalue weighted by Crippen LogP contribution is 2.23. The lowest BCUT2D eigenvalue weighted by atomic mass is 9.90. The molecule has 1 fully saturated rings. The fourth-order valence-corrected chi connectivity index (χ4v) is 1.86.